The molecule has 2 aromatic rings. The van der Waals surface area contributed by atoms with Crippen LogP contribution in [0.3, 0.4) is 0 Å². The van der Waals surface area contributed by atoms with Crippen molar-refractivity contribution >= 4 is 27.5 Å². The van der Waals surface area contributed by atoms with Gasteiger partial charge >= 0.3 is 0 Å². The molecule has 0 saturated heterocycles. The van der Waals surface area contributed by atoms with Gasteiger partial charge in [0.2, 0.25) is 21.8 Å². The van der Waals surface area contributed by atoms with Gasteiger partial charge in [0, 0.05) is 12.6 Å². The molecule has 192 valence electrons. The van der Waals surface area contributed by atoms with Crippen molar-refractivity contribution in [3.05, 3.63) is 65.7 Å². The third kappa shape index (κ3) is 8.38. The monoisotopic (exact) mass is 501 g/mol. The van der Waals surface area contributed by atoms with Crippen molar-refractivity contribution in [2.24, 2.45) is 0 Å². The number of carbonyl (C=O) groups excluding carboxylic acids is 2. The van der Waals surface area contributed by atoms with Gasteiger partial charge < -0.3 is 10.2 Å². The molecule has 0 unspecified atom stereocenters. The molecule has 2 rings (SSSR count). The molecule has 0 heterocycles. The highest BCUT2D eigenvalue weighted by molar-refractivity contribution is 7.92. The Morgan fingerprint density at radius 2 is 1.51 bits per heavy atom. The summed E-state index contributed by atoms with van der Waals surface area (Å²) in [6.07, 6.45) is 1.63. The third-order valence-electron chi connectivity index (χ3n) is 5.78. The van der Waals surface area contributed by atoms with Crippen molar-refractivity contribution in [1.29, 1.82) is 0 Å². The molecule has 0 aliphatic carbocycles. The maximum atomic E-state index is 13.5. The Kier molecular flexibility index (Phi) is 9.49. The van der Waals surface area contributed by atoms with Crippen LogP contribution in [-0.4, -0.2) is 56.6 Å². The predicted octanol–water partition coefficient (Wildman–Crippen LogP) is 3.73. The minimum absolute atomic E-state index is 0.0788. The van der Waals surface area contributed by atoms with E-state index in [1.807, 2.05) is 56.3 Å². The molecule has 2 aromatic carbocycles. The molecule has 0 saturated carbocycles. The highest BCUT2D eigenvalue weighted by Crippen LogP contribution is 2.26. The van der Waals surface area contributed by atoms with Gasteiger partial charge in [0.1, 0.15) is 12.6 Å². The maximum Gasteiger partial charge on any atom is 0.244 e. The summed E-state index contributed by atoms with van der Waals surface area (Å²) in [5.74, 6) is -0.709. The molecular weight excluding hydrogens is 462 g/mol. The van der Waals surface area contributed by atoms with Crippen LogP contribution in [0, 0.1) is 0 Å². The van der Waals surface area contributed by atoms with Crippen molar-refractivity contribution in [1.82, 2.24) is 10.2 Å². The molecule has 0 bridgehead atoms. The number of nitrogens with one attached hydrogen (secondary N) is 1. The average molecular weight is 502 g/mol. The number of carbonyl (C=O) groups is 2. The molecule has 1 atom stereocenters. The van der Waals surface area contributed by atoms with Crippen LogP contribution in [0.25, 0.3) is 0 Å². The lowest BCUT2D eigenvalue weighted by Crippen LogP contribution is -2.53. The van der Waals surface area contributed by atoms with Crippen LogP contribution in [0.2, 0.25) is 0 Å². The van der Waals surface area contributed by atoms with Gasteiger partial charge in [-0.2, -0.15) is 0 Å². The highest BCUT2D eigenvalue weighted by atomic mass is 32.2. The fourth-order valence-corrected chi connectivity index (χ4v) is 4.57. The van der Waals surface area contributed by atoms with E-state index < -0.39 is 22.0 Å². The first-order valence-electron chi connectivity index (χ1n) is 11.9. The number of hydrogen-bond acceptors (Lipinski definition) is 4. The van der Waals surface area contributed by atoms with Gasteiger partial charge in [0.05, 0.1) is 11.9 Å². The molecule has 0 spiro atoms. The zero-order valence-corrected chi connectivity index (χ0v) is 22.7. The van der Waals surface area contributed by atoms with E-state index in [0.717, 1.165) is 21.7 Å². The lowest BCUT2D eigenvalue weighted by atomic mass is 9.87. The summed E-state index contributed by atoms with van der Waals surface area (Å²) in [6, 6.07) is 16.0. The van der Waals surface area contributed by atoms with Gasteiger partial charge in [-0.25, -0.2) is 8.42 Å². The summed E-state index contributed by atoms with van der Waals surface area (Å²) < 4.78 is 26.5. The molecular formula is C27H39N3O4S. The van der Waals surface area contributed by atoms with Gasteiger partial charge in [-0.05, 0) is 55.9 Å². The fourth-order valence-electron chi connectivity index (χ4n) is 3.72. The van der Waals surface area contributed by atoms with Crippen LogP contribution in [0.4, 0.5) is 5.69 Å². The molecule has 7 nitrogen and oxygen atoms in total. The van der Waals surface area contributed by atoms with E-state index in [2.05, 4.69) is 26.1 Å². The van der Waals surface area contributed by atoms with E-state index in [-0.39, 0.29) is 30.5 Å². The Morgan fingerprint density at radius 1 is 0.943 bits per heavy atom. The smallest absolute Gasteiger partial charge is 0.244 e. The number of anilines is 1. The van der Waals surface area contributed by atoms with Gasteiger partial charge in [-0.3, -0.25) is 13.9 Å². The first-order chi connectivity index (χ1) is 16.2. The number of nitrogens with zero attached hydrogens (tertiary/aromatic N) is 2. The Morgan fingerprint density at radius 3 is 2.00 bits per heavy atom. The second kappa shape index (κ2) is 11.7. The summed E-state index contributed by atoms with van der Waals surface area (Å²) in [7, 11) is -3.74. The SMILES string of the molecule is CC(C)NC(=O)[C@H](C)N(CCc1ccccc1)C(=O)CN(c1ccc(C(C)(C)C)cc1)S(C)(=O)=O. The van der Waals surface area contributed by atoms with E-state index >= 15 is 0 Å². The van der Waals surface area contributed by atoms with Crippen LogP contribution < -0.4 is 9.62 Å². The molecule has 0 aliphatic rings. The average Bonchev–Trinajstić information content (AvgIpc) is 2.76. The van der Waals surface area contributed by atoms with Crippen LogP contribution in [0.5, 0.6) is 0 Å². The van der Waals surface area contributed by atoms with Crippen LogP contribution >= 0.6 is 0 Å². The normalized spacial score (nSPS) is 12.8. The second-order valence-electron chi connectivity index (χ2n) is 10.2. The molecule has 2 amide bonds. The van der Waals surface area contributed by atoms with E-state index in [4.69, 9.17) is 0 Å². The Hall–Kier alpha value is -2.87. The minimum atomic E-state index is -3.74. The zero-order chi connectivity index (χ0) is 26.4. The highest BCUT2D eigenvalue weighted by Gasteiger charge is 2.30. The summed E-state index contributed by atoms with van der Waals surface area (Å²) in [4.78, 5) is 27.7. The van der Waals surface area contributed by atoms with Crippen molar-refractivity contribution in [3.63, 3.8) is 0 Å². The van der Waals surface area contributed by atoms with Crippen molar-refractivity contribution in [2.45, 2.75) is 65.5 Å². The minimum Gasteiger partial charge on any atom is -0.352 e. The molecule has 0 aliphatic heterocycles. The summed E-state index contributed by atoms with van der Waals surface area (Å²) in [5, 5.41) is 2.85. The first-order valence-corrected chi connectivity index (χ1v) is 13.8. The molecule has 0 radical (unpaired) electrons. The van der Waals surface area contributed by atoms with Gasteiger partial charge in [0.15, 0.2) is 0 Å². The molecule has 0 fully saturated rings. The fraction of sp³-hybridized carbons (Fsp3) is 0.481. The van der Waals surface area contributed by atoms with Gasteiger partial charge in [-0.1, -0.05) is 63.2 Å². The van der Waals surface area contributed by atoms with E-state index in [0.29, 0.717) is 12.1 Å². The van der Waals surface area contributed by atoms with Crippen LogP contribution in [-0.2, 0) is 31.4 Å². The van der Waals surface area contributed by atoms with E-state index in [9.17, 15) is 18.0 Å². The first kappa shape index (κ1) is 28.4. The maximum absolute atomic E-state index is 13.5. The second-order valence-corrected chi connectivity index (χ2v) is 12.1. The predicted molar refractivity (Wildman–Crippen MR) is 142 cm³/mol. The van der Waals surface area contributed by atoms with Crippen molar-refractivity contribution in [2.75, 3.05) is 23.7 Å². The molecule has 1 N–H and O–H groups in total. The van der Waals surface area contributed by atoms with Crippen molar-refractivity contribution < 1.29 is 18.0 Å². The summed E-state index contributed by atoms with van der Waals surface area (Å²) in [5.41, 5.74) is 2.41. The Balaban J connectivity index is 2.32. The van der Waals surface area contributed by atoms with E-state index in [1.165, 1.54) is 4.90 Å². The summed E-state index contributed by atoms with van der Waals surface area (Å²) in [6.45, 7) is 11.5. The number of sulfonamides is 1. The molecule has 8 heteroatoms. The van der Waals surface area contributed by atoms with E-state index in [1.54, 1.807) is 19.1 Å². The van der Waals surface area contributed by atoms with Crippen LogP contribution in [0.1, 0.15) is 52.7 Å². The topological polar surface area (TPSA) is 86.8 Å². The van der Waals surface area contributed by atoms with Crippen LogP contribution in [0.15, 0.2) is 54.6 Å². The number of amides is 2. The Labute approximate surface area is 210 Å². The van der Waals surface area contributed by atoms with Gasteiger partial charge in [0.25, 0.3) is 0 Å². The lowest BCUT2D eigenvalue weighted by molar-refractivity contribution is -0.139. The number of rotatable bonds is 10. The summed E-state index contributed by atoms with van der Waals surface area (Å²) >= 11 is 0. The Bertz CT molecular complexity index is 1090. The third-order valence-corrected chi connectivity index (χ3v) is 6.92. The quantitative estimate of drug-likeness (QED) is 0.537. The molecule has 35 heavy (non-hydrogen) atoms. The number of hydrogen-bond donors (Lipinski definition) is 1. The zero-order valence-electron chi connectivity index (χ0n) is 21.9. The molecule has 0 aromatic heterocycles. The standard InChI is InChI=1S/C27H39N3O4S/c1-20(2)28-26(32)21(3)29(18-17-22-11-9-8-10-12-22)25(31)19-30(35(7,33)34)24-15-13-23(14-16-24)27(4,5)6/h8-16,20-21H,17-19H2,1-7H3,(H,28,32)/t21-/m0/s1. The number of benzene rings is 2. The lowest BCUT2D eigenvalue weighted by Gasteiger charge is -2.32. The van der Waals surface area contributed by atoms with Crippen molar-refractivity contribution in [3.8, 4) is 0 Å². The van der Waals surface area contributed by atoms with Gasteiger partial charge in [-0.15, -0.1) is 0 Å². The largest absolute Gasteiger partial charge is 0.352 e.